The third-order valence-electron chi connectivity index (χ3n) is 2.89. The molecular formula is C15H19NO2. The van der Waals surface area contributed by atoms with Crippen molar-refractivity contribution in [1.82, 2.24) is 4.90 Å². The Bertz CT molecular complexity index is 483. The predicted molar refractivity (Wildman–Crippen MR) is 72.0 cm³/mol. The number of hydrogen-bond acceptors (Lipinski definition) is 2. The summed E-state index contributed by atoms with van der Waals surface area (Å²) in [6.07, 6.45) is -0.264. The van der Waals surface area contributed by atoms with E-state index in [4.69, 9.17) is 4.74 Å². The molecular weight excluding hydrogens is 226 g/mol. The van der Waals surface area contributed by atoms with Gasteiger partial charge in [0, 0.05) is 5.70 Å². The molecule has 0 atom stereocenters. The smallest absolute Gasteiger partial charge is 0.414 e. The highest BCUT2D eigenvalue weighted by Crippen LogP contribution is 2.32. The zero-order chi connectivity index (χ0) is 13.3. The van der Waals surface area contributed by atoms with Gasteiger partial charge in [-0.1, -0.05) is 30.3 Å². The summed E-state index contributed by atoms with van der Waals surface area (Å²) in [5.41, 5.74) is 2.92. The van der Waals surface area contributed by atoms with Crippen molar-refractivity contribution in [2.75, 3.05) is 6.54 Å². The zero-order valence-corrected chi connectivity index (χ0v) is 11.4. The molecule has 1 aromatic carbocycles. The molecule has 0 aliphatic carbocycles. The number of ether oxygens (including phenoxy) is 1. The Morgan fingerprint density at radius 2 is 1.83 bits per heavy atom. The molecule has 0 aromatic heterocycles. The summed E-state index contributed by atoms with van der Waals surface area (Å²) in [6.45, 7) is 8.21. The quantitative estimate of drug-likeness (QED) is 0.755. The molecule has 0 radical (unpaired) electrons. The van der Waals surface area contributed by atoms with Gasteiger partial charge in [-0.25, -0.2) is 4.79 Å². The van der Waals surface area contributed by atoms with Crippen molar-refractivity contribution in [2.24, 2.45) is 0 Å². The van der Waals surface area contributed by atoms with E-state index in [0.717, 1.165) is 5.70 Å². The topological polar surface area (TPSA) is 29.5 Å². The second-order valence-electron chi connectivity index (χ2n) is 5.50. The van der Waals surface area contributed by atoms with Crippen molar-refractivity contribution >= 4 is 11.7 Å². The Kier molecular flexibility index (Phi) is 3.16. The first kappa shape index (κ1) is 12.7. The van der Waals surface area contributed by atoms with Gasteiger partial charge in [-0.2, -0.15) is 0 Å². The summed E-state index contributed by atoms with van der Waals surface area (Å²) in [7, 11) is 0. The first-order chi connectivity index (χ1) is 8.38. The average Bonchev–Trinajstić information content (AvgIpc) is 2.26. The van der Waals surface area contributed by atoms with Crippen LogP contribution >= 0.6 is 0 Å². The number of amides is 1. The largest absolute Gasteiger partial charge is 0.443 e. The van der Waals surface area contributed by atoms with Gasteiger partial charge in [-0.05, 0) is 38.8 Å². The molecule has 1 aliphatic rings. The molecule has 0 saturated heterocycles. The second-order valence-corrected chi connectivity index (χ2v) is 5.50. The van der Waals surface area contributed by atoms with Crippen LogP contribution in [0.4, 0.5) is 4.79 Å². The highest BCUT2D eigenvalue weighted by Gasteiger charge is 2.32. The molecule has 1 aromatic rings. The van der Waals surface area contributed by atoms with E-state index in [1.54, 1.807) is 4.90 Å². The van der Waals surface area contributed by atoms with E-state index in [1.165, 1.54) is 11.1 Å². The maximum Gasteiger partial charge on any atom is 0.414 e. The molecule has 1 aliphatic heterocycles. The van der Waals surface area contributed by atoms with Gasteiger partial charge in [0.2, 0.25) is 0 Å². The molecule has 3 heteroatoms. The minimum atomic E-state index is -0.445. The molecule has 0 N–H and O–H groups in total. The fraction of sp³-hybridized carbons (Fsp3) is 0.400. The highest BCUT2D eigenvalue weighted by molar-refractivity contribution is 5.84. The summed E-state index contributed by atoms with van der Waals surface area (Å²) in [5, 5.41) is 0. The van der Waals surface area contributed by atoms with E-state index in [2.05, 4.69) is 12.1 Å². The van der Waals surface area contributed by atoms with Crippen LogP contribution in [0.15, 0.2) is 36.0 Å². The minimum Gasteiger partial charge on any atom is -0.443 e. The molecule has 0 spiro atoms. The van der Waals surface area contributed by atoms with E-state index < -0.39 is 5.60 Å². The predicted octanol–water partition coefficient (Wildman–Crippen LogP) is 3.67. The van der Waals surface area contributed by atoms with Crippen LogP contribution in [0.3, 0.4) is 0 Å². The number of nitrogens with zero attached hydrogens (tertiary/aromatic N) is 1. The Labute approximate surface area is 108 Å². The van der Waals surface area contributed by atoms with Crippen molar-refractivity contribution in [3.05, 3.63) is 41.6 Å². The Balaban J connectivity index is 2.10. The van der Waals surface area contributed by atoms with Gasteiger partial charge in [-0.3, -0.25) is 4.90 Å². The molecule has 96 valence electrons. The van der Waals surface area contributed by atoms with Crippen molar-refractivity contribution in [3.63, 3.8) is 0 Å². The van der Waals surface area contributed by atoms with Gasteiger partial charge in [0.25, 0.3) is 0 Å². The number of benzene rings is 1. The standard InChI is InChI=1S/C15H19NO2/c1-11-13(12-8-6-5-7-9-12)10-16(11)14(17)18-15(2,3)4/h5-9H,10H2,1-4H3. The summed E-state index contributed by atoms with van der Waals surface area (Å²) < 4.78 is 5.35. The van der Waals surface area contributed by atoms with E-state index in [9.17, 15) is 4.79 Å². The molecule has 0 fully saturated rings. The van der Waals surface area contributed by atoms with Crippen LogP contribution in [0.1, 0.15) is 33.3 Å². The van der Waals surface area contributed by atoms with Crippen LogP contribution in [-0.2, 0) is 4.74 Å². The van der Waals surface area contributed by atoms with Gasteiger partial charge < -0.3 is 4.74 Å². The number of allylic oxidation sites excluding steroid dienone is 1. The fourth-order valence-corrected chi connectivity index (χ4v) is 1.92. The van der Waals surface area contributed by atoms with Crippen molar-refractivity contribution in [3.8, 4) is 0 Å². The first-order valence-electron chi connectivity index (χ1n) is 6.14. The SMILES string of the molecule is CC1=C(c2ccccc2)CN1C(=O)OC(C)(C)C. The van der Waals surface area contributed by atoms with Gasteiger partial charge in [0.15, 0.2) is 0 Å². The maximum absolute atomic E-state index is 11.9. The summed E-state index contributed by atoms with van der Waals surface area (Å²) >= 11 is 0. The third kappa shape index (κ3) is 2.55. The number of rotatable bonds is 1. The van der Waals surface area contributed by atoms with Gasteiger partial charge in [-0.15, -0.1) is 0 Å². The van der Waals surface area contributed by atoms with Crippen molar-refractivity contribution < 1.29 is 9.53 Å². The van der Waals surface area contributed by atoms with Gasteiger partial charge in [0.1, 0.15) is 5.60 Å². The molecule has 1 amide bonds. The maximum atomic E-state index is 11.9. The Morgan fingerprint density at radius 3 is 2.33 bits per heavy atom. The average molecular weight is 245 g/mol. The lowest BCUT2D eigenvalue weighted by molar-refractivity contribution is 0.0310. The molecule has 0 unspecified atom stereocenters. The lowest BCUT2D eigenvalue weighted by atomic mass is 9.97. The molecule has 18 heavy (non-hydrogen) atoms. The molecule has 2 rings (SSSR count). The first-order valence-corrected chi connectivity index (χ1v) is 6.14. The van der Waals surface area contributed by atoms with E-state index in [-0.39, 0.29) is 6.09 Å². The van der Waals surface area contributed by atoms with E-state index in [1.807, 2.05) is 45.9 Å². The summed E-state index contributed by atoms with van der Waals surface area (Å²) in [5.74, 6) is 0. The van der Waals surface area contributed by atoms with Crippen LogP contribution < -0.4 is 0 Å². The van der Waals surface area contributed by atoms with Gasteiger partial charge in [0.05, 0.1) is 6.54 Å². The molecule has 3 nitrogen and oxygen atoms in total. The van der Waals surface area contributed by atoms with Crippen LogP contribution in [0, 0.1) is 0 Å². The lowest BCUT2D eigenvalue weighted by Gasteiger charge is -2.36. The number of carbonyl (C=O) groups excluding carboxylic acids is 1. The summed E-state index contributed by atoms with van der Waals surface area (Å²) in [6, 6.07) is 10.1. The normalized spacial score (nSPS) is 15.4. The van der Waals surface area contributed by atoms with Crippen molar-refractivity contribution in [1.29, 1.82) is 0 Å². The highest BCUT2D eigenvalue weighted by atomic mass is 16.6. The second kappa shape index (κ2) is 4.48. The van der Waals surface area contributed by atoms with Crippen LogP contribution in [-0.4, -0.2) is 23.1 Å². The third-order valence-corrected chi connectivity index (χ3v) is 2.89. The van der Waals surface area contributed by atoms with Crippen LogP contribution in [0.2, 0.25) is 0 Å². The number of hydrogen-bond donors (Lipinski definition) is 0. The van der Waals surface area contributed by atoms with Crippen LogP contribution in [0.25, 0.3) is 5.57 Å². The van der Waals surface area contributed by atoms with E-state index >= 15 is 0 Å². The molecule has 1 heterocycles. The van der Waals surface area contributed by atoms with E-state index in [0.29, 0.717) is 6.54 Å². The monoisotopic (exact) mass is 245 g/mol. The van der Waals surface area contributed by atoms with Crippen LogP contribution in [0.5, 0.6) is 0 Å². The van der Waals surface area contributed by atoms with Crippen molar-refractivity contribution in [2.45, 2.75) is 33.3 Å². The molecule has 0 bridgehead atoms. The zero-order valence-electron chi connectivity index (χ0n) is 11.4. The Hall–Kier alpha value is -1.77. The minimum absolute atomic E-state index is 0.264. The summed E-state index contributed by atoms with van der Waals surface area (Å²) in [4.78, 5) is 13.6. The molecule has 0 saturated carbocycles. The Morgan fingerprint density at radius 1 is 1.22 bits per heavy atom. The number of carbonyl (C=O) groups is 1. The lowest BCUT2D eigenvalue weighted by Crippen LogP contribution is -2.42. The fourth-order valence-electron chi connectivity index (χ4n) is 1.92. The van der Waals surface area contributed by atoms with Gasteiger partial charge >= 0.3 is 6.09 Å².